The third kappa shape index (κ3) is 3.46. The van der Waals surface area contributed by atoms with E-state index in [0.717, 1.165) is 11.3 Å². The van der Waals surface area contributed by atoms with E-state index in [2.05, 4.69) is 0 Å². The molecule has 3 rings (SSSR count). The predicted octanol–water partition coefficient (Wildman–Crippen LogP) is 2.88. The molecule has 25 heavy (non-hydrogen) atoms. The second-order valence-electron chi connectivity index (χ2n) is 6.07. The van der Waals surface area contributed by atoms with E-state index < -0.39 is 6.10 Å². The average Bonchev–Trinajstić information content (AvgIpc) is 2.89. The van der Waals surface area contributed by atoms with Crippen molar-refractivity contribution < 1.29 is 9.90 Å². The minimum Gasteiger partial charge on any atom is -0.387 e. The van der Waals surface area contributed by atoms with Crippen LogP contribution in [0.4, 0.5) is 0 Å². The fourth-order valence-electron chi connectivity index (χ4n) is 2.87. The first-order valence-electron chi connectivity index (χ1n) is 8.10. The number of aliphatic hydroxyl groups excluding tert-OH is 1. The summed E-state index contributed by atoms with van der Waals surface area (Å²) in [5.74, 6) is -0.0147. The summed E-state index contributed by atoms with van der Waals surface area (Å²) in [5, 5.41) is 10.4. The van der Waals surface area contributed by atoms with Crippen LogP contribution in [0, 0.1) is 6.92 Å². The van der Waals surface area contributed by atoms with E-state index in [0.29, 0.717) is 11.3 Å². The molecule has 5 nitrogen and oxygen atoms in total. The normalized spacial score (nSPS) is 12.1. The maximum absolute atomic E-state index is 12.7. The lowest BCUT2D eigenvalue weighted by atomic mass is 10.1. The van der Waals surface area contributed by atoms with Gasteiger partial charge in [-0.05, 0) is 43.7 Å². The van der Waals surface area contributed by atoms with Crippen molar-refractivity contribution in [1.82, 2.24) is 9.13 Å². The lowest BCUT2D eigenvalue weighted by Crippen LogP contribution is -2.25. The third-order valence-electron chi connectivity index (χ3n) is 4.22. The summed E-state index contributed by atoms with van der Waals surface area (Å²) < 4.78 is 3.08. The van der Waals surface area contributed by atoms with Gasteiger partial charge in [0.2, 0.25) is 0 Å². The summed E-state index contributed by atoms with van der Waals surface area (Å²) in [6.45, 7) is 3.53. The molecule has 1 N–H and O–H groups in total. The number of imidazole rings is 1. The first-order chi connectivity index (χ1) is 12.0. The standard InChI is InChI=1S/C20H20N2O3/c1-14-12-21(13-19(24)17-6-4-3-5-7-17)20(25)22(14)18-10-8-16(9-11-18)15(2)23/h3-12,19,24H,13H2,1-2H3. The molecule has 0 amide bonds. The van der Waals surface area contributed by atoms with Gasteiger partial charge in [0.15, 0.2) is 5.78 Å². The Balaban J connectivity index is 1.91. The molecule has 1 atom stereocenters. The molecule has 0 aliphatic heterocycles. The van der Waals surface area contributed by atoms with Crippen LogP contribution in [-0.2, 0) is 6.54 Å². The van der Waals surface area contributed by atoms with Crippen LogP contribution >= 0.6 is 0 Å². The molecule has 1 heterocycles. The minimum absolute atomic E-state index is 0.0147. The molecule has 3 aromatic rings. The number of hydrogen-bond acceptors (Lipinski definition) is 3. The second kappa shape index (κ2) is 6.91. The Bertz CT molecular complexity index is 937. The van der Waals surface area contributed by atoms with E-state index in [1.165, 1.54) is 11.5 Å². The van der Waals surface area contributed by atoms with Crippen LogP contribution in [0.5, 0.6) is 0 Å². The van der Waals surface area contributed by atoms with Gasteiger partial charge in [-0.2, -0.15) is 0 Å². The zero-order valence-corrected chi connectivity index (χ0v) is 14.2. The zero-order valence-electron chi connectivity index (χ0n) is 14.2. The second-order valence-corrected chi connectivity index (χ2v) is 6.07. The average molecular weight is 336 g/mol. The molecule has 128 valence electrons. The molecule has 2 aromatic carbocycles. The topological polar surface area (TPSA) is 64.2 Å². The molecule has 0 aliphatic rings. The number of carbonyl (C=O) groups is 1. The molecule has 0 saturated carbocycles. The SMILES string of the molecule is CC(=O)c1ccc(-n2c(C)cn(CC(O)c3ccccc3)c2=O)cc1. The summed E-state index contributed by atoms with van der Waals surface area (Å²) in [7, 11) is 0. The Morgan fingerprint density at radius 2 is 1.72 bits per heavy atom. The van der Waals surface area contributed by atoms with Gasteiger partial charge in [-0.1, -0.05) is 30.3 Å². The molecule has 0 saturated heterocycles. The Morgan fingerprint density at radius 1 is 1.08 bits per heavy atom. The number of ketones is 1. The maximum atomic E-state index is 12.7. The number of Topliss-reactive ketones (excluding diaryl/α,β-unsaturated/α-hetero) is 1. The Hall–Kier alpha value is -2.92. The molecular formula is C20H20N2O3. The van der Waals surface area contributed by atoms with Gasteiger partial charge >= 0.3 is 5.69 Å². The maximum Gasteiger partial charge on any atom is 0.333 e. The van der Waals surface area contributed by atoms with Gasteiger partial charge < -0.3 is 5.11 Å². The molecule has 0 fully saturated rings. The van der Waals surface area contributed by atoms with Crippen molar-refractivity contribution in [3.05, 3.63) is 88.1 Å². The van der Waals surface area contributed by atoms with Crippen molar-refractivity contribution in [3.8, 4) is 5.69 Å². The van der Waals surface area contributed by atoms with Crippen LogP contribution in [0.2, 0.25) is 0 Å². The van der Waals surface area contributed by atoms with E-state index in [4.69, 9.17) is 0 Å². The highest BCUT2D eigenvalue weighted by Crippen LogP contribution is 2.16. The van der Waals surface area contributed by atoms with Gasteiger partial charge in [0, 0.05) is 17.5 Å². The van der Waals surface area contributed by atoms with E-state index in [1.54, 1.807) is 35.0 Å². The molecule has 1 aromatic heterocycles. The van der Waals surface area contributed by atoms with Crippen LogP contribution in [0.1, 0.15) is 34.6 Å². The molecule has 0 spiro atoms. The van der Waals surface area contributed by atoms with Gasteiger partial charge in [-0.3, -0.25) is 13.9 Å². The lowest BCUT2D eigenvalue weighted by Gasteiger charge is -2.11. The van der Waals surface area contributed by atoms with Gasteiger partial charge in [0.25, 0.3) is 0 Å². The number of hydrogen-bond donors (Lipinski definition) is 1. The Morgan fingerprint density at radius 3 is 2.32 bits per heavy atom. The number of aliphatic hydroxyl groups is 1. The van der Waals surface area contributed by atoms with Crippen molar-refractivity contribution in [1.29, 1.82) is 0 Å². The molecule has 0 aliphatic carbocycles. The minimum atomic E-state index is -0.755. The Labute approximate surface area is 145 Å². The summed E-state index contributed by atoms with van der Waals surface area (Å²) in [6, 6.07) is 16.2. The Kier molecular flexibility index (Phi) is 4.67. The van der Waals surface area contributed by atoms with E-state index >= 15 is 0 Å². The summed E-state index contributed by atoms with van der Waals surface area (Å²) in [4.78, 5) is 24.1. The molecule has 5 heteroatoms. The number of benzene rings is 2. The molecule has 0 radical (unpaired) electrons. The van der Waals surface area contributed by atoms with Crippen LogP contribution in [-0.4, -0.2) is 20.0 Å². The molecule has 0 bridgehead atoms. The van der Waals surface area contributed by atoms with E-state index in [9.17, 15) is 14.7 Å². The molecular weight excluding hydrogens is 316 g/mol. The van der Waals surface area contributed by atoms with Crippen molar-refractivity contribution >= 4 is 5.78 Å². The highest BCUT2D eigenvalue weighted by Gasteiger charge is 2.14. The lowest BCUT2D eigenvalue weighted by molar-refractivity contribution is 0.101. The highest BCUT2D eigenvalue weighted by atomic mass is 16.3. The fourth-order valence-corrected chi connectivity index (χ4v) is 2.87. The van der Waals surface area contributed by atoms with Crippen molar-refractivity contribution in [2.45, 2.75) is 26.5 Å². The number of aryl methyl sites for hydroxylation is 1. The van der Waals surface area contributed by atoms with Crippen molar-refractivity contribution in [3.63, 3.8) is 0 Å². The zero-order chi connectivity index (χ0) is 18.0. The van der Waals surface area contributed by atoms with Gasteiger partial charge in [0.05, 0.1) is 18.3 Å². The largest absolute Gasteiger partial charge is 0.387 e. The first-order valence-corrected chi connectivity index (χ1v) is 8.10. The summed E-state index contributed by atoms with van der Waals surface area (Å²) >= 11 is 0. The van der Waals surface area contributed by atoms with Crippen LogP contribution in [0.15, 0.2) is 65.6 Å². The van der Waals surface area contributed by atoms with Gasteiger partial charge in [-0.15, -0.1) is 0 Å². The fraction of sp³-hybridized carbons (Fsp3) is 0.200. The summed E-state index contributed by atoms with van der Waals surface area (Å²) in [6.07, 6.45) is 0.974. The molecule has 1 unspecified atom stereocenters. The highest BCUT2D eigenvalue weighted by molar-refractivity contribution is 5.94. The first kappa shape index (κ1) is 16.9. The van der Waals surface area contributed by atoms with Crippen molar-refractivity contribution in [2.24, 2.45) is 0 Å². The van der Waals surface area contributed by atoms with E-state index in [-0.39, 0.29) is 18.0 Å². The number of rotatable bonds is 5. The number of nitrogens with zero attached hydrogens (tertiary/aromatic N) is 2. The summed E-state index contributed by atoms with van der Waals surface area (Å²) in [5.41, 5.74) is 2.61. The smallest absolute Gasteiger partial charge is 0.333 e. The van der Waals surface area contributed by atoms with Crippen LogP contribution in [0.3, 0.4) is 0 Å². The number of carbonyl (C=O) groups excluding carboxylic acids is 1. The van der Waals surface area contributed by atoms with Gasteiger partial charge in [0.1, 0.15) is 0 Å². The quantitative estimate of drug-likeness (QED) is 0.729. The van der Waals surface area contributed by atoms with Crippen molar-refractivity contribution in [2.75, 3.05) is 0 Å². The van der Waals surface area contributed by atoms with Crippen LogP contribution in [0.25, 0.3) is 5.69 Å². The number of aromatic nitrogens is 2. The van der Waals surface area contributed by atoms with Gasteiger partial charge in [-0.25, -0.2) is 4.79 Å². The van der Waals surface area contributed by atoms with Crippen LogP contribution < -0.4 is 5.69 Å². The van der Waals surface area contributed by atoms with E-state index in [1.807, 2.05) is 37.3 Å². The third-order valence-corrected chi connectivity index (χ3v) is 4.22. The monoisotopic (exact) mass is 336 g/mol. The predicted molar refractivity (Wildman–Crippen MR) is 96.2 cm³/mol.